The van der Waals surface area contributed by atoms with Crippen LogP contribution in [0.2, 0.25) is 0 Å². The molecule has 5 nitrogen and oxygen atoms in total. The molecule has 1 heterocycles. The highest BCUT2D eigenvalue weighted by Gasteiger charge is 2.16. The predicted octanol–water partition coefficient (Wildman–Crippen LogP) is 2.64. The minimum absolute atomic E-state index is 0. The Morgan fingerprint density at radius 3 is 2.35 bits per heavy atom. The van der Waals surface area contributed by atoms with Gasteiger partial charge in [-0.15, -0.1) is 24.0 Å². The molecular weight excluding hydrogens is 439 g/mol. The molecule has 3 N–H and O–H groups in total. The fourth-order valence-electron chi connectivity index (χ4n) is 3.41. The number of rotatable bonds is 5. The molecule has 26 heavy (non-hydrogen) atoms. The first-order valence-electron chi connectivity index (χ1n) is 9.33. The number of aliphatic imine (C=N–C) groups is 1. The van der Waals surface area contributed by atoms with Gasteiger partial charge in [-0.2, -0.15) is 0 Å². The Labute approximate surface area is 174 Å². The van der Waals surface area contributed by atoms with E-state index in [4.69, 9.17) is 0 Å². The van der Waals surface area contributed by atoms with E-state index >= 15 is 0 Å². The van der Waals surface area contributed by atoms with Crippen LogP contribution in [0.5, 0.6) is 0 Å². The van der Waals surface area contributed by atoms with Crippen molar-refractivity contribution in [2.24, 2.45) is 4.99 Å². The van der Waals surface area contributed by atoms with Gasteiger partial charge >= 0.3 is 0 Å². The fraction of sp³-hybridized carbons (Fsp3) is 0.550. The summed E-state index contributed by atoms with van der Waals surface area (Å²) in [5, 5.41) is 16.4. The third-order valence-electron chi connectivity index (χ3n) is 5.02. The Morgan fingerprint density at radius 2 is 1.73 bits per heavy atom. The van der Waals surface area contributed by atoms with Crippen LogP contribution in [0.3, 0.4) is 0 Å². The van der Waals surface area contributed by atoms with Gasteiger partial charge in [0, 0.05) is 39.3 Å². The van der Waals surface area contributed by atoms with Crippen molar-refractivity contribution in [2.45, 2.75) is 50.9 Å². The van der Waals surface area contributed by atoms with Crippen LogP contribution in [0.25, 0.3) is 0 Å². The lowest BCUT2D eigenvalue weighted by Gasteiger charge is -2.29. The van der Waals surface area contributed by atoms with E-state index in [1.165, 1.54) is 11.1 Å². The number of benzene rings is 1. The van der Waals surface area contributed by atoms with Gasteiger partial charge in [0.05, 0.1) is 6.10 Å². The van der Waals surface area contributed by atoms with E-state index in [0.29, 0.717) is 6.04 Å². The number of hydrogen-bond acceptors (Lipinski definition) is 3. The molecule has 0 saturated carbocycles. The highest BCUT2D eigenvalue weighted by Crippen LogP contribution is 2.14. The van der Waals surface area contributed by atoms with E-state index in [0.717, 1.165) is 57.8 Å². The van der Waals surface area contributed by atoms with E-state index in [1.54, 1.807) is 0 Å². The zero-order chi connectivity index (χ0) is 17.5. The topological polar surface area (TPSA) is 59.9 Å². The molecule has 0 radical (unpaired) electrons. The van der Waals surface area contributed by atoms with Gasteiger partial charge in [0.1, 0.15) is 0 Å². The maximum Gasteiger partial charge on any atom is 0.191 e. The summed E-state index contributed by atoms with van der Waals surface area (Å²) in [4.78, 5) is 6.73. The maximum absolute atomic E-state index is 9.59. The van der Waals surface area contributed by atoms with Gasteiger partial charge in [-0.3, -0.25) is 9.89 Å². The number of piperidine rings is 1. The van der Waals surface area contributed by atoms with E-state index in [1.807, 2.05) is 7.05 Å². The van der Waals surface area contributed by atoms with Crippen molar-refractivity contribution in [3.8, 4) is 0 Å². The first-order valence-corrected chi connectivity index (χ1v) is 9.33. The van der Waals surface area contributed by atoms with Crippen molar-refractivity contribution < 1.29 is 5.11 Å². The molecule has 0 amide bonds. The molecule has 2 aliphatic rings. The van der Waals surface area contributed by atoms with Gasteiger partial charge < -0.3 is 15.7 Å². The zero-order valence-electron chi connectivity index (χ0n) is 15.5. The Bertz CT molecular complexity index is 586. The van der Waals surface area contributed by atoms with Gasteiger partial charge in [0.15, 0.2) is 5.96 Å². The lowest BCUT2D eigenvalue weighted by atomic mass is 10.1. The molecule has 1 fully saturated rings. The number of aliphatic hydroxyl groups is 1. The Balaban J connectivity index is 0.00000243. The number of hydrogen-bond donors (Lipinski definition) is 3. The minimum atomic E-state index is -0.104. The highest BCUT2D eigenvalue weighted by atomic mass is 127. The normalized spacial score (nSPS) is 19.4. The highest BCUT2D eigenvalue weighted by molar-refractivity contribution is 14.0. The molecule has 1 aromatic rings. The molecule has 1 aliphatic carbocycles. The molecule has 1 aliphatic heterocycles. The van der Waals surface area contributed by atoms with Crippen LogP contribution in [0.1, 0.15) is 36.8 Å². The van der Waals surface area contributed by atoms with Crippen molar-refractivity contribution in [3.05, 3.63) is 47.5 Å². The molecule has 0 atom stereocenters. The lowest BCUT2D eigenvalue weighted by molar-refractivity contribution is 0.0792. The molecule has 0 aromatic heterocycles. The summed E-state index contributed by atoms with van der Waals surface area (Å²) in [6.45, 7) is 3.72. The van der Waals surface area contributed by atoms with Crippen molar-refractivity contribution in [1.29, 1.82) is 0 Å². The second-order valence-corrected chi connectivity index (χ2v) is 7.03. The Morgan fingerprint density at radius 1 is 1.12 bits per heavy atom. The molecule has 144 valence electrons. The summed E-state index contributed by atoms with van der Waals surface area (Å²) >= 11 is 0. The standard InChI is InChI=1S/C20H30N4O.HI/c1-21-20(23-18-4-2-3-5-18)22-14-16-6-8-17(9-7-16)15-24-12-10-19(25)11-13-24;/h2-3,6-9,18-19,25H,4-5,10-15H2,1H3,(H2,21,22,23);1H. The van der Waals surface area contributed by atoms with Crippen LogP contribution >= 0.6 is 24.0 Å². The predicted molar refractivity (Wildman–Crippen MR) is 118 cm³/mol. The van der Waals surface area contributed by atoms with Crippen LogP contribution in [0.4, 0.5) is 0 Å². The number of nitrogens with one attached hydrogen (secondary N) is 2. The van der Waals surface area contributed by atoms with Gasteiger partial charge in [-0.1, -0.05) is 36.4 Å². The second-order valence-electron chi connectivity index (χ2n) is 7.03. The molecule has 6 heteroatoms. The maximum atomic E-state index is 9.59. The molecule has 1 aromatic carbocycles. The van der Waals surface area contributed by atoms with Crippen molar-refractivity contribution in [1.82, 2.24) is 15.5 Å². The lowest BCUT2D eigenvalue weighted by Crippen LogP contribution is -2.42. The van der Waals surface area contributed by atoms with Crippen molar-refractivity contribution in [2.75, 3.05) is 20.1 Å². The number of aliphatic hydroxyl groups excluding tert-OH is 1. The summed E-state index contributed by atoms with van der Waals surface area (Å²) in [7, 11) is 1.82. The summed E-state index contributed by atoms with van der Waals surface area (Å²) in [6.07, 6.45) is 8.26. The minimum Gasteiger partial charge on any atom is -0.393 e. The average molecular weight is 470 g/mol. The number of nitrogens with zero attached hydrogens (tertiary/aromatic N) is 2. The van der Waals surface area contributed by atoms with Crippen LogP contribution in [0, 0.1) is 0 Å². The summed E-state index contributed by atoms with van der Waals surface area (Å²) in [5.74, 6) is 0.865. The van der Waals surface area contributed by atoms with Gasteiger partial charge in [0.25, 0.3) is 0 Å². The number of likely N-dealkylation sites (tertiary alicyclic amines) is 1. The SMILES string of the molecule is CN=C(NCc1ccc(CN2CCC(O)CC2)cc1)NC1CC=CC1.I. The number of guanidine groups is 1. The van der Waals surface area contributed by atoms with E-state index in [9.17, 15) is 5.11 Å². The molecule has 0 bridgehead atoms. The van der Waals surface area contributed by atoms with Crippen molar-refractivity contribution in [3.63, 3.8) is 0 Å². The Hall–Kier alpha value is -1.12. The monoisotopic (exact) mass is 470 g/mol. The largest absolute Gasteiger partial charge is 0.393 e. The third kappa shape index (κ3) is 6.55. The van der Waals surface area contributed by atoms with Gasteiger partial charge in [0.2, 0.25) is 0 Å². The quantitative estimate of drug-likeness (QED) is 0.268. The third-order valence-corrected chi connectivity index (χ3v) is 5.02. The first-order chi connectivity index (χ1) is 12.2. The van der Waals surface area contributed by atoms with E-state index in [2.05, 4.69) is 56.9 Å². The van der Waals surface area contributed by atoms with Crippen LogP contribution in [0.15, 0.2) is 41.4 Å². The molecule has 3 rings (SSSR count). The van der Waals surface area contributed by atoms with Crippen molar-refractivity contribution >= 4 is 29.9 Å². The smallest absolute Gasteiger partial charge is 0.191 e. The summed E-state index contributed by atoms with van der Waals surface area (Å²) < 4.78 is 0. The van der Waals surface area contributed by atoms with Gasteiger partial charge in [-0.05, 0) is 36.8 Å². The molecule has 0 spiro atoms. The summed E-state index contributed by atoms with van der Waals surface area (Å²) in [5.41, 5.74) is 2.59. The zero-order valence-corrected chi connectivity index (χ0v) is 17.9. The average Bonchev–Trinajstić information content (AvgIpc) is 3.15. The number of halogens is 1. The van der Waals surface area contributed by atoms with Crippen LogP contribution in [-0.4, -0.2) is 48.2 Å². The van der Waals surface area contributed by atoms with E-state index in [-0.39, 0.29) is 30.1 Å². The molecule has 1 saturated heterocycles. The van der Waals surface area contributed by atoms with Crippen LogP contribution < -0.4 is 10.6 Å². The molecule has 0 unspecified atom stereocenters. The Kier molecular flexibility index (Phi) is 8.87. The van der Waals surface area contributed by atoms with Crippen LogP contribution in [-0.2, 0) is 13.1 Å². The first kappa shape index (κ1) is 21.2. The van der Waals surface area contributed by atoms with E-state index < -0.39 is 0 Å². The fourth-order valence-corrected chi connectivity index (χ4v) is 3.41. The van der Waals surface area contributed by atoms with Gasteiger partial charge in [-0.25, -0.2) is 0 Å². The molecular formula is C20H31IN4O. The summed E-state index contributed by atoms with van der Waals surface area (Å²) in [6, 6.07) is 9.26. The second kappa shape index (κ2) is 10.9.